The van der Waals surface area contributed by atoms with Gasteiger partial charge in [-0.2, -0.15) is 0 Å². The standard InChI is InChI=1S/C18H19N5O2/c1-12-2-4-13(5-3-12)10-19-18(25)22-9-7-14-15(11-22)21-16-6-8-20-23(16)17(14)24/h2-6,8,20H,7,9-11H2,1H3,(H,19,25). The number of aromatic amines is 1. The highest BCUT2D eigenvalue weighted by Gasteiger charge is 2.24. The van der Waals surface area contributed by atoms with E-state index in [4.69, 9.17) is 0 Å². The summed E-state index contributed by atoms with van der Waals surface area (Å²) in [4.78, 5) is 31.1. The number of amides is 2. The molecule has 3 aromatic rings. The lowest BCUT2D eigenvalue weighted by Gasteiger charge is -2.27. The summed E-state index contributed by atoms with van der Waals surface area (Å²) < 4.78 is 1.44. The number of hydrogen-bond donors (Lipinski definition) is 2. The third kappa shape index (κ3) is 2.88. The highest BCUT2D eigenvalue weighted by Crippen LogP contribution is 2.15. The molecule has 0 saturated carbocycles. The van der Waals surface area contributed by atoms with Gasteiger partial charge in [0.2, 0.25) is 0 Å². The number of carbonyl (C=O) groups excluding carboxylic acids is 1. The molecule has 2 amide bonds. The molecule has 0 atom stereocenters. The zero-order chi connectivity index (χ0) is 17.4. The Morgan fingerprint density at radius 1 is 1.28 bits per heavy atom. The summed E-state index contributed by atoms with van der Waals surface area (Å²) in [6, 6.07) is 9.68. The van der Waals surface area contributed by atoms with Gasteiger partial charge >= 0.3 is 6.03 Å². The van der Waals surface area contributed by atoms with Gasteiger partial charge in [0.25, 0.3) is 5.56 Å². The van der Waals surface area contributed by atoms with Crippen LogP contribution in [0.1, 0.15) is 22.4 Å². The van der Waals surface area contributed by atoms with Crippen LogP contribution < -0.4 is 10.9 Å². The smallest absolute Gasteiger partial charge is 0.318 e. The largest absolute Gasteiger partial charge is 0.334 e. The normalized spacial score (nSPS) is 13.7. The van der Waals surface area contributed by atoms with Crippen LogP contribution in [0.5, 0.6) is 0 Å². The monoisotopic (exact) mass is 337 g/mol. The number of aryl methyl sites for hydroxylation is 1. The molecule has 7 nitrogen and oxygen atoms in total. The van der Waals surface area contributed by atoms with E-state index in [0.29, 0.717) is 43.0 Å². The van der Waals surface area contributed by atoms with E-state index < -0.39 is 0 Å². The van der Waals surface area contributed by atoms with Crippen LogP contribution in [-0.2, 0) is 19.5 Å². The number of hydrogen-bond acceptors (Lipinski definition) is 3. The Morgan fingerprint density at radius 2 is 2.08 bits per heavy atom. The first kappa shape index (κ1) is 15.4. The lowest BCUT2D eigenvalue weighted by molar-refractivity contribution is 0.190. The second kappa shape index (κ2) is 6.08. The van der Waals surface area contributed by atoms with Gasteiger partial charge < -0.3 is 10.2 Å². The van der Waals surface area contributed by atoms with E-state index in [1.54, 1.807) is 17.2 Å². The minimum Gasteiger partial charge on any atom is -0.334 e. The van der Waals surface area contributed by atoms with Gasteiger partial charge in [-0.3, -0.25) is 9.89 Å². The summed E-state index contributed by atoms with van der Waals surface area (Å²) in [6.45, 7) is 3.38. The first-order valence-corrected chi connectivity index (χ1v) is 8.28. The summed E-state index contributed by atoms with van der Waals surface area (Å²) >= 11 is 0. The van der Waals surface area contributed by atoms with E-state index in [2.05, 4.69) is 15.4 Å². The molecule has 2 aromatic heterocycles. The zero-order valence-corrected chi connectivity index (χ0v) is 14.0. The van der Waals surface area contributed by atoms with E-state index in [1.807, 2.05) is 31.2 Å². The van der Waals surface area contributed by atoms with Gasteiger partial charge in [0.1, 0.15) is 0 Å². The summed E-state index contributed by atoms with van der Waals surface area (Å²) in [7, 11) is 0. The molecule has 1 aromatic carbocycles. The predicted molar refractivity (Wildman–Crippen MR) is 93.3 cm³/mol. The maximum Gasteiger partial charge on any atom is 0.318 e. The van der Waals surface area contributed by atoms with Crippen LogP contribution in [0.25, 0.3) is 5.65 Å². The van der Waals surface area contributed by atoms with Gasteiger partial charge in [-0.15, -0.1) is 0 Å². The molecule has 0 spiro atoms. The van der Waals surface area contributed by atoms with Crippen molar-refractivity contribution in [1.29, 1.82) is 0 Å². The van der Waals surface area contributed by atoms with Crippen molar-refractivity contribution in [3.63, 3.8) is 0 Å². The summed E-state index contributed by atoms with van der Waals surface area (Å²) in [5, 5.41) is 5.80. The first-order chi connectivity index (χ1) is 12.1. The van der Waals surface area contributed by atoms with Crippen LogP contribution in [-0.4, -0.2) is 32.1 Å². The lowest BCUT2D eigenvalue weighted by atomic mass is 10.1. The van der Waals surface area contributed by atoms with Gasteiger partial charge in [0.05, 0.1) is 12.2 Å². The molecule has 25 heavy (non-hydrogen) atoms. The fourth-order valence-corrected chi connectivity index (χ4v) is 3.10. The highest BCUT2D eigenvalue weighted by atomic mass is 16.2. The average molecular weight is 337 g/mol. The molecule has 2 N–H and O–H groups in total. The molecule has 7 heteroatoms. The number of benzene rings is 1. The quantitative estimate of drug-likeness (QED) is 0.745. The Labute approximate surface area is 144 Å². The third-order valence-corrected chi connectivity index (χ3v) is 4.55. The molecule has 0 aliphatic carbocycles. The van der Waals surface area contributed by atoms with E-state index in [0.717, 1.165) is 5.56 Å². The second-order valence-electron chi connectivity index (χ2n) is 6.31. The molecule has 0 bridgehead atoms. The van der Waals surface area contributed by atoms with E-state index in [-0.39, 0.29) is 11.6 Å². The Morgan fingerprint density at radius 3 is 2.88 bits per heavy atom. The molecule has 1 aliphatic rings. The van der Waals surface area contributed by atoms with E-state index in [9.17, 15) is 9.59 Å². The van der Waals surface area contributed by atoms with E-state index in [1.165, 1.54) is 10.1 Å². The molecule has 0 unspecified atom stereocenters. The van der Waals surface area contributed by atoms with Gasteiger partial charge in [-0.05, 0) is 18.9 Å². The summed E-state index contributed by atoms with van der Waals surface area (Å²) in [5.41, 5.74) is 4.11. The molecular weight excluding hydrogens is 318 g/mol. The topological polar surface area (TPSA) is 82.5 Å². The molecule has 0 radical (unpaired) electrons. The molecule has 1 aliphatic heterocycles. The van der Waals surface area contributed by atoms with Gasteiger partial charge in [-0.1, -0.05) is 29.8 Å². The van der Waals surface area contributed by atoms with Crippen LogP contribution in [0.3, 0.4) is 0 Å². The fraction of sp³-hybridized carbons (Fsp3) is 0.278. The second-order valence-corrected chi connectivity index (χ2v) is 6.31. The molecule has 3 heterocycles. The number of H-pyrrole nitrogens is 1. The van der Waals surface area contributed by atoms with Gasteiger partial charge in [-0.25, -0.2) is 14.3 Å². The summed E-state index contributed by atoms with van der Waals surface area (Å²) in [6.07, 6.45) is 2.20. The Kier molecular flexibility index (Phi) is 3.76. The van der Waals surface area contributed by atoms with Crippen molar-refractivity contribution >= 4 is 11.7 Å². The van der Waals surface area contributed by atoms with Crippen molar-refractivity contribution in [3.8, 4) is 0 Å². The number of rotatable bonds is 2. The molecule has 4 rings (SSSR count). The fourth-order valence-electron chi connectivity index (χ4n) is 3.10. The minimum absolute atomic E-state index is 0.0790. The van der Waals surface area contributed by atoms with Crippen molar-refractivity contribution < 1.29 is 4.79 Å². The van der Waals surface area contributed by atoms with Crippen LogP contribution in [0.15, 0.2) is 41.3 Å². The van der Waals surface area contributed by atoms with Crippen molar-refractivity contribution in [3.05, 3.63) is 69.3 Å². The van der Waals surface area contributed by atoms with Crippen molar-refractivity contribution in [1.82, 2.24) is 24.8 Å². The molecule has 0 fully saturated rings. The molecular formula is C18H19N5O2. The zero-order valence-electron chi connectivity index (χ0n) is 14.0. The number of aromatic nitrogens is 3. The van der Waals surface area contributed by atoms with Gasteiger partial charge in [0.15, 0.2) is 5.65 Å². The number of nitrogens with one attached hydrogen (secondary N) is 2. The Balaban J connectivity index is 1.48. The Bertz CT molecular complexity index is 987. The molecule has 128 valence electrons. The maximum atomic E-state index is 12.4. The van der Waals surface area contributed by atoms with Crippen molar-refractivity contribution in [2.45, 2.75) is 26.4 Å². The lowest BCUT2D eigenvalue weighted by Crippen LogP contribution is -2.44. The maximum absolute atomic E-state index is 12.4. The molecule has 0 saturated heterocycles. The summed E-state index contributed by atoms with van der Waals surface area (Å²) in [5.74, 6) is 0. The van der Waals surface area contributed by atoms with Gasteiger partial charge in [0, 0.05) is 30.9 Å². The van der Waals surface area contributed by atoms with Crippen LogP contribution in [0.4, 0.5) is 4.79 Å². The number of urea groups is 1. The predicted octanol–water partition coefficient (Wildman–Crippen LogP) is 1.60. The number of fused-ring (bicyclic) bond motifs is 2. The third-order valence-electron chi connectivity index (χ3n) is 4.55. The average Bonchev–Trinajstić information content (AvgIpc) is 3.09. The van der Waals surface area contributed by atoms with Crippen LogP contribution >= 0.6 is 0 Å². The van der Waals surface area contributed by atoms with E-state index >= 15 is 0 Å². The van der Waals surface area contributed by atoms with Crippen molar-refractivity contribution in [2.24, 2.45) is 0 Å². The minimum atomic E-state index is -0.137. The SMILES string of the molecule is Cc1ccc(CNC(=O)N2CCc3c(nc4cc[nH]n4c3=O)C2)cc1. The number of carbonyl (C=O) groups is 1. The highest BCUT2D eigenvalue weighted by molar-refractivity contribution is 5.74. The van der Waals surface area contributed by atoms with Crippen LogP contribution in [0, 0.1) is 6.92 Å². The van der Waals surface area contributed by atoms with Crippen molar-refractivity contribution in [2.75, 3.05) is 6.54 Å². The Hall–Kier alpha value is -3.09. The van der Waals surface area contributed by atoms with Crippen LogP contribution in [0.2, 0.25) is 0 Å². The first-order valence-electron chi connectivity index (χ1n) is 8.28. The number of nitrogens with zero attached hydrogens (tertiary/aromatic N) is 3.